The maximum absolute atomic E-state index is 12.4. The molecule has 7 nitrogen and oxygen atoms in total. The van der Waals surface area contributed by atoms with Gasteiger partial charge in [-0.25, -0.2) is 9.79 Å². The zero-order valence-corrected chi connectivity index (χ0v) is 14.9. The van der Waals surface area contributed by atoms with Gasteiger partial charge in [0, 0.05) is 23.5 Å². The maximum atomic E-state index is 12.4. The quantitative estimate of drug-likeness (QED) is 0.876. The highest BCUT2D eigenvalue weighted by molar-refractivity contribution is 6.31. The first-order valence-corrected chi connectivity index (χ1v) is 8.41. The molecule has 25 heavy (non-hydrogen) atoms. The molecule has 3 aliphatic rings. The minimum Gasteiger partial charge on any atom is -0.310 e. The van der Waals surface area contributed by atoms with E-state index in [2.05, 4.69) is 5.32 Å². The van der Waals surface area contributed by atoms with Crippen LogP contribution in [0.25, 0.3) is 0 Å². The van der Waals surface area contributed by atoms with Gasteiger partial charge in [0.1, 0.15) is 0 Å². The van der Waals surface area contributed by atoms with E-state index in [-0.39, 0.29) is 5.91 Å². The Balaban J connectivity index is 1.72. The van der Waals surface area contributed by atoms with Crippen molar-refractivity contribution in [3.63, 3.8) is 0 Å². The average molecular weight is 360 g/mol. The van der Waals surface area contributed by atoms with Gasteiger partial charge in [0.2, 0.25) is 5.96 Å². The fourth-order valence-corrected chi connectivity index (χ4v) is 3.71. The normalized spacial score (nSPS) is 25.3. The smallest absolute Gasteiger partial charge is 0.310 e. The third-order valence-corrected chi connectivity index (χ3v) is 5.43. The summed E-state index contributed by atoms with van der Waals surface area (Å²) in [4.78, 5) is 34.4. The average Bonchev–Trinajstić information content (AvgIpc) is 3.07. The number of fused-ring (bicyclic) bond motifs is 3. The van der Waals surface area contributed by atoms with Crippen molar-refractivity contribution in [3.8, 4) is 0 Å². The van der Waals surface area contributed by atoms with Gasteiger partial charge in [0.25, 0.3) is 5.91 Å². The number of carbonyl (C=O) groups excluding carboxylic acids is 2. The molecule has 0 saturated carbocycles. The van der Waals surface area contributed by atoms with Gasteiger partial charge in [-0.15, -0.1) is 0 Å². The van der Waals surface area contributed by atoms with Crippen molar-refractivity contribution in [3.05, 3.63) is 46.2 Å². The molecular formula is C17H18ClN5O2. The summed E-state index contributed by atoms with van der Waals surface area (Å²) in [6, 6.07) is 6.70. The number of carbonyl (C=O) groups is 2. The van der Waals surface area contributed by atoms with Crippen LogP contribution in [0, 0.1) is 0 Å². The van der Waals surface area contributed by atoms with Gasteiger partial charge in [0.15, 0.2) is 12.2 Å². The Morgan fingerprint density at radius 2 is 1.92 bits per heavy atom. The number of guanidine groups is 1. The van der Waals surface area contributed by atoms with Crippen molar-refractivity contribution in [2.24, 2.45) is 4.99 Å². The molecule has 3 amide bonds. The van der Waals surface area contributed by atoms with E-state index in [1.54, 1.807) is 7.05 Å². The number of nitrogens with zero attached hydrogens (tertiary/aromatic N) is 4. The number of imide groups is 1. The van der Waals surface area contributed by atoms with Crippen molar-refractivity contribution >= 4 is 29.5 Å². The van der Waals surface area contributed by atoms with E-state index in [1.807, 2.05) is 47.9 Å². The molecule has 2 unspecified atom stereocenters. The number of benzene rings is 1. The highest BCUT2D eigenvalue weighted by Gasteiger charge is 2.53. The monoisotopic (exact) mass is 359 g/mol. The molecule has 0 spiro atoms. The number of allylic oxidation sites excluding steroid dienone is 2. The number of halogens is 1. The number of urea groups is 1. The first-order valence-electron chi connectivity index (χ1n) is 8.03. The van der Waals surface area contributed by atoms with Crippen LogP contribution in [0.2, 0.25) is 5.02 Å². The number of hydrogen-bond donors (Lipinski definition) is 1. The molecule has 1 N–H and O–H groups in total. The third kappa shape index (κ3) is 2.22. The Morgan fingerprint density at radius 3 is 2.64 bits per heavy atom. The molecule has 4 rings (SSSR count). The van der Waals surface area contributed by atoms with Crippen LogP contribution in [0.1, 0.15) is 19.4 Å². The zero-order chi connectivity index (χ0) is 17.9. The van der Waals surface area contributed by atoms with Crippen LogP contribution in [-0.4, -0.2) is 51.9 Å². The number of likely N-dealkylation sites (N-methyl/N-ethyl adjacent to an activating group) is 1. The molecule has 1 saturated heterocycles. The predicted octanol–water partition coefficient (Wildman–Crippen LogP) is 1.95. The van der Waals surface area contributed by atoms with Gasteiger partial charge in [-0.05, 0) is 25.5 Å². The summed E-state index contributed by atoms with van der Waals surface area (Å²) in [7, 11) is 1.65. The zero-order valence-electron chi connectivity index (χ0n) is 14.2. The maximum Gasteiger partial charge on any atom is 0.325 e. The number of hydrogen-bond acceptors (Lipinski definition) is 5. The van der Waals surface area contributed by atoms with E-state index in [0.29, 0.717) is 17.5 Å². The molecule has 0 aromatic heterocycles. The minimum absolute atomic E-state index is 0.321. The molecule has 0 aliphatic carbocycles. The molecule has 0 radical (unpaired) electrons. The van der Waals surface area contributed by atoms with Crippen LogP contribution >= 0.6 is 11.6 Å². The van der Waals surface area contributed by atoms with Crippen LogP contribution in [0.4, 0.5) is 4.79 Å². The number of amides is 3. The van der Waals surface area contributed by atoms with Gasteiger partial charge in [-0.3, -0.25) is 15.0 Å². The summed E-state index contributed by atoms with van der Waals surface area (Å²) in [5.41, 5.74) is 2.95. The second kappa shape index (κ2) is 5.49. The van der Waals surface area contributed by atoms with Gasteiger partial charge in [0.05, 0.1) is 6.54 Å². The Kier molecular flexibility index (Phi) is 3.50. The fourth-order valence-electron chi connectivity index (χ4n) is 3.51. The van der Waals surface area contributed by atoms with E-state index in [9.17, 15) is 9.59 Å². The summed E-state index contributed by atoms with van der Waals surface area (Å²) in [5, 5.41) is 3.08. The number of rotatable bonds is 2. The summed E-state index contributed by atoms with van der Waals surface area (Å²) in [6.07, 6.45) is -0.520. The standard InChI is InChI=1S/C17H18ClN5O2/c1-9-10(2)23-13-14(21(3)17(25)20-15(13)24)19-16(23)22(9)8-11-6-4-5-7-12(11)18/h4-7,13-14H,8H2,1-3H3,(H,20,24,25). The Hall–Kier alpha value is -2.54. The number of nitrogens with one attached hydrogen (secondary N) is 1. The SMILES string of the molecule is CC1=C(C)N2C(=NC3C2C(=O)NC(=O)N3C)N1Cc1ccccc1Cl. The van der Waals surface area contributed by atoms with E-state index >= 15 is 0 Å². The Labute approximate surface area is 150 Å². The van der Waals surface area contributed by atoms with E-state index in [0.717, 1.165) is 17.0 Å². The first-order chi connectivity index (χ1) is 11.9. The summed E-state index contributed by atoms with van der Waals surface area (Å²) < 4.78 is 0. The van der Waals surface area contributed by atoms with Crippen molar-refractivity contribution < 1.29 is 9.59 Å². The largest absolute Gasteiger partial charge is 0.325 e. The fraction of sp³-hybridized carbons (Fsp3) is 0.353. The van der Waals surface area contributed by atoms with Gasteiger partial charge < -0.3 is 9.80 Å². The lowest BCUT2D eigenvalue weighted by Crippen LogP contribution is -2.63. The van der Waals surface area contributed by atoms with Gasteiger partial charge >= 0.3 is 6.03 Å². The topological polar surface area (TPSA) is 68.2 Å². The van der Waals surface area contributed by atoms with E-state index in [1.165, 1.54) is 4.90 Å². The van der Waals surface area contributed by atoms with Crippen LogP contribution in [-0.2, 0) is 11.3 Å². The predicted molar refractivity (Wildman–Crippen MR) is 93.5 cm³/mol. The van der Waals surface area contributed by atoms with E-state index in [4.69, 9.17) is 16.6 Å². The summed E-state index contributed by atoms with van der Waals surface area (Å²) in [6.45, 7) is 4.51. The van der Waals surface area contributed by atoms with Crippen LogP contribution in [0.15, 0.2) is 40.7 Å². The van der Waals surface area contributed by atoms with Crippen LogP contribution in [0.5, 0.6) is 0 Å². The lowest BCUT2D eigenvalue weighted by Gasteiger charge is -2.35. The molecule has 3 heterocycles. The number of aliphatic imine (C=N–C) groups is 1. The Bertz CT molecular complexity index is 849. The first kappa shape index (κ1) is 16.0. The van der Waals surface area contributed by atoms with Gasteiger partial charge in [-0.2, -0.15) is 0 Å². The summed E-state index contributed by atoms with van der Waals surface area (Å²) >= 11 is 6.30. The lowest BCUT2D eigenvalue weighted by molar-refractivity contribution is -0.126. The molecule has 1 aromatic carbocycles. The van der Waals surface area contributed by atoms with Crippen molar-refractivity contribution in [1.29, 1.82) is 0 Å². The van der Waals surface area contributed by atoms with Gasteiger partial charge in [-0.1, -0.05) is 29.8 Å². The lowest BCUT2D eigenvalue weighted by atomic mass is 10.1. The molecule has 1 aromatic rings. The minimum atomic E-state index is -0.538. The second-order valence-corrected chi connectivity index (χ2v) is 6.82. The summed E-state index contributed by atoms with van der Waals surface area (Å²) in [5.74, 6) is 0.361. The van der Waals surface area contributed by atoms with Crippen molar-refractivity contribution in [2.75, 3.05) is 7.05 Å². The molecule has 8 heteroatoms. The highest BCUT2D eigenvalue weighted by Crippen LogP contribution is 2.37. The molecule has 130 valence electrons. The molecule has 1 fully saturated rings. The molecule has 2 atom stereocenters. The Morgan fingerprint density at radius 1 is 1.20 bits per heavy atom. The van der Waals surface area contributed by atoms with Crippen LogP contribution in [0.3, 0.4) is 0 Å². The molecule has 0 bridgehead atoms. The molecular weight excluding hydrogens is 342 g/mol. The molecule has 3 aliphatic heterocycles. The third-order valence-electron chi connectivity index (χ3n) is 5.06. The highest BCUT2D eigenvalue weighted by atomic mass is 35.5. The van der Waals surface area contributed by atoms with Crippen LogP contribution < -0.4 is 5.32 Å². The van der Waals surface area contributed by atoms with Crippen molar-refractivity contribution in [1.82, 2.24) is 20.0 Å². The van der Waals surface area contributed by atoms with E-state index < -0.39 is 18.2 Å². The second-order valence-electron chi connectivity index (χ2n) is 6.41. The van der Waals surface area contributed by atoms with Crippen molar-refractivity contribution in [2.45, 2.75) is 32.6 Å².